The van der Waals surface area contributed by atoms with Gasteiger partial charge in [-0.2, -0.15) is 0 Å². The standard InChI is InChI=1S/C19H21N3O4/c1-19(8-9-19)18-21-20-15(26-18)16(23)22-10-13(12-6-4-3-5-7-12)14(11-22)17(24)25-2/h3-7,13-14H,8-11H2,1-2H3/t13-,14+/m0/s1. The van der Waals surface area contributed by atoms with E-state index < -0.39 is 5.92 Å². The van der Waals surface area contributed by atoms with Crippen molar-refractivity contribution < 1.29 is 18.7 Å². The van der Waals surface area contributed by atoms with Crippen molar-refractivity contribution in [1.29, 1.82) is 0 Å². The quantitative estimate of drug-likeness (QED) is 0.781. The molecule has 1 amide bonds. The van der Waals surface area contributed by atoms with E-state index >= 15 is 0 Å². The summed E-state index contributed by atoms with van der Waals surface area (Å²) in [5.41, 5.74) is 0.924. The minimum Gasteiger partial charge on any atom is -0.469 e. The molecular weight excluding hydrogens is 334 g/mol. The Morgan fingerprint density at radius 1 is 1.19 bits per heavy atom. The van der Waals surface area contributed by atoms with Crippen LogP contribution < -0.4 is 0 Å². The molecule has 26 heavy (non-hydrogen) atoms. The largest absolute Gasteiger partial charge is 0.469 e. The van der Waals surface area contributed by atoms with E-state index in [0.717, 1.165) is 18.4 Å². The predicted octanol–water partition coefficient (Wildman–Crippen LogP) is 2.15. The van der Waals surface area contributed by atoms with Crippen LogP contribution >= 0.6 is 0 Å². The lowest BCUT2D eigenvalue weighted by molar-refractivity contribution is -0.145. The maximum atomic E-state index is 12.8. The molecule has 7 heteroatoms. The van der Waals surface area contributed by atoms with Gasteiger partial charge >= 0.3 is 17.8 Å². The third-order valence-corrected chi connectivity index (χ3v) is 5.46. The van der Waals surface area contributed by atoms with Gasteiger partial charge in [0.05, 0.1) is 13.0 Å². The number of nitrogens with zero attached hydrogens (tertiary/aromatic N) is 3. The maximum Gasteiger partial charge on any atom is 0.311 e. The summed E-state index contributed by atoms with van der Waals surface area (Å²) in [5.74, 6) is -0.661. The van der Waals surface area contributed by atoms with Crippen molar-refractivity contribution >= 4 is 11.9 Å². The first-order valence-corrected chi connectivity index (χ1v) is 8.78. The second kappa shape index (κ2) is 6.23. The molecule has 1 aromatic heterocycles. The zero-order valence-corrected chi connectivity index (χ0v) is 14.8. The third kappa shape index (κ3) is 2.87. The van der Waals surface area contributed by atoms with Gasteiger partial charge in [0, 0.05) is 24.4 Å². The van der Waals surface area contributed by atoms with Crippen LogP contribution in [0.2, 0.25) is 0 Å². The summed E-state index contributed by atoms with van der Waals surface area (Å²) in [4.78, 5) is 26.7. The van der Waals surface area contributed by atoms with E-state index in [4.69, 9.17) is 9.15 Å². The van der Waals surface area contributed by atoms with E-state index in [0.29, 0.717) is 12.4 Å². The highest BCUT2D eigenvalue weighted by Gasteiger charge is 2.46. The number of carbonyl (C=O) groups excluding carboxylic acids is 2. The predicted molar refractivity (Wildman–Crippen MR) is 91.5 cm³/mol. The summed E-state index contributed by atoms with van der Waals surface area (Å²) in [7, 11) is 1.37. The number of hydrogen-bond acceptors (Lipinski definition) is 6. The molecule has 0 N–H and O–H groups in total. The number of aromatic nitrogens is 2. The van der Waals surface area contributed by atoms with Crippen LogP contribution in [-0.2, 0) is 14.9 Å². The normalized spacial score (nSPS) is 23.7. The number of ether oxygens (including phenoxy) is 1. The molecule has 4 rings (SSSR count). The molecule has 2 fully saturated rings. The number of carbonyl (C=O) groups is 2. The highest BCUT2D eigenvalue weighted by molar-refractivity contribution is 5.90. The Balaban J connectivity index is 1.56. The van der Waals surface area contributed by atoms with Gasteiger partial charge in [0.25, 0.3) is 0 Å². The van der Waals surface area contributed by atoms with E-state index in [-0.39, 0.29) is 35.6 Å². The fourth-order valence-corrected chi connectivity index (χ4v) is 3.49. The van der Waals surface area contributed by atoms with Crippen LogP contribution in [0.4, 0.5) is 0 Å². The molecule has 1 aliphatic carbocycles. The van der Waals surface area contributed by atoms with Crippen molar-refractivity contribution in [1.82, 2.24) is 15.1 Å². The van der Waals surface area contributed by atoms with E-state index in [1.807, 2.05) is 37.3 Å². The van der Waals surface area contributed by atoms with Crippen LogP contribution in [0, 0.1) is 5.92 Å². The van der Waals surface area contributed by atoms with Crippen LogP contribution in [0.15, 0.2) is 34.7 Å². The Bertz CT molecular complexity index is 828. The molecule has 0 radical (unpaired) electrons. The summed E-state index contributed by atoms with van der Waals surface area (Å²) in [5, 5.41) is 7.97. The van der Waals surface area contributed by atoms with Crippen LogP contribution in [0.1, 0.15) is 47.8 Å². The lowest BCUT2D eigenvalue weighted by Crippen LogP contribution is -2.30. The molecule has 2 aliphatic rings. The van der Waals surface area contributed by atoms with Crippen LogP contribution in [0.3, 0.4) is 0 Å². The fourth-order valence-electron chi connectivity index (χ4n) is 3.49. The van der Waals surface area contributed by atoms with Gasteiger partial charge in [0.2, 0.25) is 5.89 Å². The summed E-state index contributed by atoms with van der Waals surface area (Å²) in [6.07, 6.45) is 1.99. The second-order valence-corrected chi connectivity index (χ2v) is 7.33. The van der Waals surface area contributed by atoms with Crippen molar-refractivity contribution in [3.05, 3.63) is 47.7 Å². The number of hydrogen-bond donors (Lipinski definition) is 0. The Labute approximate surface area is 151 Å². The van der Waals surface area contributed by atoms with Gasteiger partial charge in [-0.3, -0.25) is 9.59 Å². The number of likely N-dealkylation sites (tertiary alicyclic amines) is 1. The van der Waals surface area contributed by atoms with Crippen molar-refractivity contribution in [2.75, 3.05) is 20.2 Å². The molecular formula is C19H21N3O4. The first-order valence-electron chi connectivity index (χ1n) is 8.78. The van der Waals surface area contributed by atoms with Crippen LogP contribution in [-0.4, -0.2) is 47.2 Å². The molecule has 2 aromatic rings. The number of methoxy groups -OCH3 is 1. The minimum absolute atomic E-state index is 0.00884. The zero-order chi connectivity index (χ0) is 18.3. The summed E-state index contributed by atoms with van der Waals surface area (Å²) >= 11 is 0. The van der Waals surface area contributed by atoms with Gasteiger partial charge in [-0.05, 0) is 18.4 Å². The first-order chi connectivity index (χ1) is 12.5. The molecule has 1 saturated heterocycles. The van der Waals surface area contributed by atoms with Crippen LogP contribution in [0.25, 0.3) is 0 Å². The Hall–Kier alpha value is -2.70. The molecule has 7 nitrogen and oxygen atoms in total. The summed E-state index contributed by atoms with van der Waals surface area (Å²) in [6.45, 7) is 2.74. The molecule has 2 atom stereocenters. The summed E-state index contributed by atoms with van der Waals surface area (Å²) in [6, 6.07) is 9.71. The molecule has 1 aliphatic heterocycles. The van der Waals surface area contributed by atoms with E-state index in [2.05, 4.69) is 10.2 Å². The van der Waals surface area contributed by atoms with Gasteiger partial charge in [0.1, 0.15) is 0 Å². The van der Waals surface area contributed by atoms with Gasteiger partial charge < -0.3 is 14.1 Å². The average Bonchev–Trinajstić information content (AvgIpc) is 3.09. The number of esters is 1. The Morgan fingerprint density at radius 2 is 1.92 bits per heavy atom. The third-order valence-electron chi connectivity index (χ3n) is 5.46. The monoisotopic (exact) mass is 355 g/mol. The minimum atomic E-state index is -0.408. The van der Waals surface area contributed by atoms with Crippen molar-refractivity contribution in [2.24, 2.45) is 5.92 Å². The highest BCUT2D eigenvalue weighted by atomic mass is 16.5. The zero-order valence-electron chi connectivity index (χ0n) is 14.8. The maximum absolute atomic E-state index is 12.8. The van der Waals surface area contributed by atoms with Crippen molar-refractivity contribution in [3.8, 4) is 0 Å². The lowest BCUT2D eigenvalue weighted by atomic mass is 9.89. The second-order valence-electron chi connectivity index (χ2n) is 7.33. The average molecular weight is 355 g/mol. The van der Waals surface area contributed by atoms with E-state index in [9.17, 15) is 9.59 Å². The Morgan fingerprint density at radius 3 is 2.58 bits per heavy atom. The number of rotatable bonds is 4. The van der Waals surface area contributed by atoms with Gasteiger partial charge in [-0.1, -0.05) is 37.3 Å². The molecule has 0 unspecified atom stereocenters. The van der Waals surface area contributed by atoms with Crippen LogP contribution in [0.5, 0.6) is 0 Å². The van der Waals surface area contributed by atoms with E-state index in [1.54, 1.807) is 4.90 Å². The lowest BCUT2D eigenvalue weighted by Gasteiger charge is -2.16. The molecule has 1 saturated carbocycles. The SMILES string of the molecule is COC(=O)[C@@H]1CN(C(=O)c2nnc(C3(C)CC3)o2)C[C@H]1c1ccccc1. The van der Waals surface area contributed by atoms with E-state index in [1.165, 1.54) is 7.11 Å². The molecule has 0 spiro atoms. The molecule has 136 valence electrons. The fraction of sp³-hybridized carbons (Fsp3) is 0.474. The number of amides is 1. The topological polar surface area (TPSA) is 85.5 Å². The van der Waals surface area contributed by atoms with Gasteiger partial charge in [-0.25, -0.2) is 0 Å². The Kier molecular flexibility index (Phi) is 4.01. The molecule has 1 aromatic carbocycles. The smallest absolute Gasteiger partial charge is 0.311 e. The first kappa shape index (κ1) is 16.8. The van der Waals surface area contributed by atoms with Gasteiger partial charge in [-0.15, -0.1) is 10.2 Å². The summed E-state index contributed by atoms with van der Waals surface area (Å²) < 4.78 is 10.6. The molecule has 0 bridgehead atoms. The number of benzene rings is 1. The molecule has 2 heterocycles. The van der Waals surface area contributed by atoms with Gasteiger partial charge in [0.15, 0.2) is 0 Å². The highest BCUT2D eigenvalue weighted by Crippen LogP contribution is 2.46. The van der Waals surface area contributed by atoms with Crippen molar-refractivity contribution in [2.45, 2.75) is 31.1 Å². The van der Waals surface area contributed by atoms with Crippen molar-refractivity contribution in [3.63, 3.8) is 0 Å².